The van der Waals surface area contributed by atoms with Gasteiger partial charge in [0.1, 0.15) is 5.54 Å². The molecule has 0 unspecified atom stereocenters. The predicted octanol–water partition coefficient (Wildman–Crippen LogP) is 1.65. The number of piperazine rings is 1. The van der Waals surface area contributed by atoms with Gasteiger partial charge in [-0.3, -0.25) is 9.69 Å². The van der Waals surface area contributed by atoms with E-state index in [2.05, 4.69) is 24.1 Å². The average molecular weight is 268 g/mol. The Kier molecular flexibility index (Phi) is 4.85. The van der Waals surface area contributed by atoms with Gasteiger partial charge in [0, 0.05) is 26.2 Å². The van der Waals surface area contributed by atoms with Crippen molar-refractivity contribution in [2.45, 2.75) is 45.1 Å². The van der Waals surface area contributed by atoms with Gasteiger partial charge in [0.15, 0.2) is 0 Å². The van der Waals surface area contributed by atoms with Crippen LogP contribution in [-0.2, 0) is 9.53 Å². The molecule has 2 fully saturated rings. The van der Waals surface area contributed by atoms with Crippen LogP contribution in [0.15, 0.2) is 0 Å². The molecule has 4 heteroatoms. The zero-order valence-electron chi connectivity index (χ0n) is 12.6. The standard InChI is InChI=1S/C15H28N2O2/c1-12(2)13-4-6-15(7-5-13,14(18)19-3)17-10-8-16-9-11-17/h12-13,16H,4-11H2,1-3H3. The molecule has 110 valence electrons. The number of nitrogens with one attached hydrogen (secondary N) is 1. The summed E-state index contributed by atoms with van der Waals surface area (Å²) in [7, 11) is 1.53. The van der Waals surface area contributed by atoms with E-state index in [9.17, 15) is 4.79 Å². The lowest BCUT2D eigenvalue weighted by molar-refractivity contribution is -0.159. The van der Waals surface area contributed by atoms with E-state index in [1.54, 1.807) is 0 Å². The first kappa shape index (κ1) is 14.8. The van der Waals surface area contributed by atoms with Gasteiger partial charge in [0.05, 0.1) is 7.11 Å². The Morgan fingerprint density at radius 2 is 1.84 bits per heavy atom. The summed E-state index contributed by atoms with van der Waals surface area (Å²) in [6, 6.07) is 0. The molecular formula is C15H28N2O2. The summed E-state index contributed by atoms with van der Waals surface area (Å²) in [6.07, 6.45) is 4.22. The van der Waals surface area contributed by atoms with Gasteiger partial charge in [-0.1, -0.05) is 13.8 Å². The SMILES string of the molecule is COC(=O)C1(N2CCNCC2)CCC(C(C)C)CC1. The number of hydrogen-bond donors (Lipinski definition) is 1. The molecule has 19 heavy (non-hydrogen) atoms. The summed E-state index contributed by atoms with van der Waals surface area (Å²) in [5.41, 5.74) is -0.345. The highest BCUT2D eigenvalue weighted by Gasteiger charge is 2.47. The maximum absolute atomic E-state index is 12.4. The summed E-state index contributed by atoms with van der Waals surface area (Å²) in [5, 5.41) is 3.36. The predicted molar refractivity (Wildman–Crippen MR) is 76.0 cm³/mol. The average Bonchev–Trinajstić information content (AvgIpc) is 2.47. The number of esters is 1. The van der Waals surface area contributed by atoms with Gasteiger partial charge < -0.3 is 10.1 Å². The summed E-state index contributed by atoms with van der Waals surface area (Å²) in [4.78, 5) is 14.7. The molecule has 1 aliphatic heterocycles. The molecule has 0 bridgehead atoms. The van der Waals surface area contributed by atoms with Crippen LogP contribution in [0.5, 0.6) is 0 Å². The minimum Gasteiger partial charge on any atom is -0.468 e. The Morgan fingerprint density at radius 1 is 1.26 bits per heavy atom. The van der Waals surface area contributed by atoms with Crippen LogP contribution in [0.4, 0.5) is 0 Å². The Hall–Kier alpha value is -0.610. The lowest BCUT2D eigenvalue weighted by Gasteiger charge is -2.47. The molecule has 0 spiro atoms. The van der Waals surface area contributed by atoms with E-state index in [-0.39, 0.29) is 11.5 Å². The number of hydrogen-bond acceptors (Lipinski definition) is 4. The highest BCUT2D eigenvalue weighted by atomic mass is 16.5. The van der Waals surface area contributed by atoms with E-state index in [0.717, 1.165) is 63.7 Å². The molecule has 1 N–H and O–H groups in total. The fourth-order valence-corrected chi connectivity index (χ4v) is 3.72. The van der Waals surface area contributed by atoms with Gasteiger partial charge in [-0.2, -0.15) is 0 Å². The first-order valence-corrected chi connectivity index (χ1v) is 7.64. The molecule has 1 aliphatic carbocycles. The molecule has 0 aromatic carbocycles. The number of nitrogens with zero attached hydrogens (tertiary/aromatic N) is 1. The monoisotopic (exact) mass is 268 g/mol. The van der Waals surface area contributed by atoms with Crippen LogP contribution in [-0.4, -0.2) is 49.7 Å². The third kappa shape index (κ3) is 2.95. The first-order chi connectivity index (χ1) is 9.10. The van der Waals surface area contributed by atoms with Crippen LogP contribution in [0.3, 0.4) is 0 Å². The topological polar surface area (TPSA) is 41.6 Å². The largest absolute Gasteiger partial charge is 0.468 e. The van der Waals surface area contributed by atoms with Crippen molar-refractivity contribution in [3.8, 4) is 0 Å². The lowest BCUT2D eigenvalue weighted by atomic mass is 9.71. The second-order valence-corrected chi connectivity index (χ2v) is 6.34. The highest BCUT2D eigenvalue weighted by Crippen LogP contribution is 2.40. The van der Waals surface area contributed by atoms with Crippen molar-refractivity contribution in [3.63, 3.8) is 0 Å². The van der Waals surface area contributed by atoms with Crippen LogP contribution in [0.1, 0.15) is 39.5 Å². The second-order valence-electron chi connectivity index (χ2n) is 6.34. The van der Waals surface area contributed by atoms with E-state index in [1.807, 2.05) is 0 Å². The molecule has 0 aromatic rings. The van der Waals surface area contributed by atoms with Crippen LogP contribution in [0.2, 0.25) is 0 Å². The van der Waals surface area contributed by atoms with E-state index in [1.165, 1.54) is 7.11 Å². The summed E-state index contributed by atoms with van der Waals surface area (Å²) >= 11 is 0. The third-order valence-corrected chi connectivity index (χ3v) is 5.09. The highest BCUT2D eigenvalue weighted by molar-refractivity contribution is 5.81. The number of rotatable bonds is 3. The molecule has 2 aliphatic rings. The summed E-state index contributed by atoms with van der Waals surface area (Å²) in [6.45, 7) is 8.46. The summed E-state index contributed by atoms with van der Waals surface area (Å²) in [5.74, 6) is 1.47. The van der Waals surface area contributed by atoms with Crippen LogP contribution < -0.4 is 5.32 Å². The minimum atomic E-state index is -0.345. The maximum atomic E-state index is 12.4. The van der Waals surface area contributed by atoms with Crippen molar-refractivity contribution in [1.29, 1.82) is 0 Å². The van der Waals surface area contributed by atoms with Crippen molar-refractivity contribution < 1.29 is 9.53 Å². The zero-order valence-corrected chi connectivity index (χ0v) is 12.6. The Morgan fingerprint density at radius 3 is 2.32 bits per heavy atom. The van der Waals surface area contributed by atoms with Crippen molar-refractivity contribution in [3.05, 3.63) is 0 Å². The van der Waals surface area contributed by atoms with Crippen LogP contribution >= 0.6 is 0 Å². The molecule has 2 rings (SSSR count). The first-order valence-electron chi connectivity index (χ1n) is 7.64. The molecule has 0 atom stereocenters. The zero-order chi connectivity index (χ0) is 13.9. The maximum Gasteiger partial charge on any atom is 0.326 e. The molecule has 0 amide bonds. The van der Waals surface area contributed by atoms with Crippen molar-refractivity contribution in [2.24, 2.45) is 11.8 Å². The van der Waals surface area contributed by atoms with E-state index < -0.39 is 0 Å². The van der Waals surface area contributed by atoms with E-state index >= 15 is 0 Å². The van der Waals surface area contributed by atoms with Crippen LogP contribution in [0.25, 0.3) is 0 Å². The molecule has 1 heterocycles. The fraction of sp³-hybridized carbons (Fsp3) is 0.933. The van der Waals surface area contributed by atoms with Crippen molar-refractivity contribution in [2.75, 3.05) is 33.3 Å². The molecule has 4 nitrogen and oxygen atoms in total. The van der Waals surface area contributed by atoms with Gasteiger partial charge in [0.25, 0.3) is 0 Å². The normalized spacial score (nSPS) is 33.4. The lowest BCUT2D eigenvalue weighted by Crippen LogP contribution is -2.61. The molecular weight excluding hydrogens is 240 g/mol. The van der Waals surface area contributed by atoms with Gasteiger partial charge >= 0.3 is 5.97 Å². The number of methoxy groups -OCH3 is 1. The van der Waals surface area contributed by atoms with Crippen LogP contribution in [0, 0.1) is 11.8 Å². The Bertz CT molecular complexity index is 303. The van der Waals surface area contributed by atoms with Gasteiger partial charge in [-0.05, 0) is 37.5 Å². The van der Waals surface area contributed by atoms with E-state index in [0.29, 0.717) is 0 Å². The third-order valence-electron chi connectivity index (χ3n) is 5.09. The van der Waals surface area contributed by atoms with E-state index in [4.69, 9.17) is 4.74 Å². The van der Waals surface area contributed by atoms with Gasteiger partial charge in [-0.15, -0.1) is 0 Å². The second kappa shape index (κ2) is 6.23. The quantitative estimate of drug-likeness (QED) is 0.790. The summed E-state index contributed by atoms with van der Waals surface area (Å²) < 4.78 is 5.14. The van der Waals surface area contributed by atoms with Gasteiger partial charge in [0.2, 0.25) is 0 Å². The molecule has 1 saturated carbocycles. The smallest absolute Gasteiger partial charge is 0.326 e. The van der Waals surface area contributed by atoms with Crippen molar-refractivity contribution in [1.82, 2.24) is 10.2 Å². The number of carbonyl (C=O) groups is 1. The molecule has 0 aromatic heterocycles. The fourth-order valence-electron chi connectivity index (χ4n) is 3.72. The molecule has 1 saturated heterocycles. The van der Waals surface area contributed by atoms with Gasteiger partial charge in [-0.25, -0.2) is 0 Å². The number of ether oxygens (including phenoxy) is 1. The number of carbonyl (C=O) groups excluding carboxylic acids is 1. The van der Waals surface area contributed by atoms with Crippen molar-refractivity contribution >= 4 is 5.97 Å². The Balaban J connectivity index is 2.10. The Labute approximate surface area is 116 Å². The minimum absolute atomic E-state index is 0.0170. The molecule has 0 radical (unpaired) electrons.